The van der Waals surface area contributed by atoms with E-state index in [2.05, 4.69) is 25.0 Å². The summed E-state index contributed by atoms with van der Waals surface area (Å²) in [5.74, 6) is -0.510. The van der Waals surface area contributed by atoms with Gasteiger partial charge in [0.2, 0.25) is 17.7 Å². The number of H-pyrrole nitrogens is 1. The molecule has 1 saturated heterocycles. The lowest BCUT2D eigenvalue weighted by atomic mass is 9.96. The molecule has 7 atom stereocenters. The van der Waals surface area contributed by atoms with Crippen LogP contribution in [0.1, 0.15) is 39.6 Å². The number of nitrogens with one attached hydrogen (secondary N) is 2. The van der Waals surface area contributed by atoms with Crippen LogP contribution in [0.25, 0.3) is 11.2 Å². The Morgan fingerprint density at radius 3 is 2.65 bits per heavy atom. The minimum atomic E-state index is -3.98. The number of hydrogen-bond donors (Lipinski definition) is 7. The molecule has 8 N–H and O–H groups in total. The molecule has 43 heavy (non-hydrogen) atoms. The van der Waals surface area contributed by atoms with E-state index in [0.717, 1.165) is 15.9 Å². The number of aromatic amines is 1. The number of aromatic hydroxyl groups is 1. The van der Waals surface area contributed by atoms with E-state index in [1.165, 1.54) is 38.9 Å². The fraction of sp³-hybridized carbons (Fsp3) is 0.652. The van der Waals surface area contributed by atoms with Gasteiger partial charge in [-0.1, -0.05) is 0 Å². The first-order valence-corrected chi connectivity index (χ1v) is 16.4. The van der Waals surface area contributed by atoms with Crippen molar-refractivity contribution in [1.82, 2.24) is 34.2 Å². The van der Waals surface area contributed by atoms with Gasteiger partial charge >= 0.3 is 12.4 Å². The van der Waals surface area contributed by atoms with Gasteiger partial charge in [0, 0.05) is 12.8 Å². The first-order chi connectivity index (χ1) is 20.1. The van der Waals surface area contributed by atoms with Crippen LogP contribution in [0, 0.1) is 0 Å². The van der Waals surface area contributed by atoms with Gasteiger partial charge in [0.05, 0.1) is 37.9 Å². The quantitative estimate of drug-likeness (QED) is 0.0946. The molecule has 0 spiro atoms. The number of anilines is 1. The summed E-state index contributed by atoms with van der Waals surface area (Å²) in [5.41, 5.74) is 3.85. The maximum absolute atomic E-state index is 14.0. The van der Waals surface area contributed by atoms with E-state index in [1.54, 1.807) is 13.8 Å². The summed E-state index contributed by atoms with van der Waals surface area (Å²) >= 11 is 0.721. The van der Waals surface area contributed by atoms with Crippen LogP contribution in [0.5, 0.6) is 11.8 Å². The highest BCUT2D eigenvalue weighted by atomic mass is 32.7. The third-order valence-electron chi connectivity index (χ3n) is 6.75. The summed E-state index contributed by atoms with van der Waals surface area (Å²) in [4.78, 5) is 26.7. The monoisotopic (exact) mass is 648 g/mol. The average Bonchev–Trinajstić information content (AvgIpc) is 3.53. The van der Waals surface area contributed by atoms with E-state index in [9.17, 15) is 29.8 Å². The lowest BCUT2D eigenvalue weighted by Gasteiger charge is -2.28. The largest absolute Gasteiger partial charge is 0.493 e. The van der Waals surface area contributed by atoms with Crippen molar-refractivity contribution in [1.29, 1.82) is 0 Å². The van der Waals surface area contributed by atoms with Crippen LogP contribution in [0.4, 0.5) is 5.95 Å². The van der Waals surface area contributed by atoms with Gasteiger partial charge in [-0.15, -0.1) is 0 Å². The predicted octanol–water partition coefficient (Wildman–Crippen LogP) is -0.0616. The Morgan fingerprint density at radius 2 is 2.05 bits per heavy atom. The average molecular weight is 649 g/mol. The van der Waals surface area contributed by atoms with Crippen LogP contribution in [-0.4, -0.2) is 99.5 Å². The number of hydrogen-bond acceptors (Lipinski definition) is 15. The van der Waals surface area contributed by atoms with Gasteiger partial charge in [0.1, 0.15) is 17.8 Å². The van der Waals surface area contributed by atoms with Crippen LogP contribution in [0.2, 0.25) is 0 Å². The Morgan fingerprint density at radius 1 is 1.35 bits per heavy atom. The van der Waals surface area contributed by atoms with Gasteiger partial charge in [-0.3, -0.25) is 13.7 Å². The van der Waals surface area contributed by atoms with Gasteiger partial charge in [-0.05, 0) is 39.1 Å². The molecule has 4 rings (SSSR count). The lowest BCUT2D eigenvalue weighted by molar-refractivity contribution is -0.137. The molecule has 1 fully saturated rings. The van der Waals surface area contributed by atoms with Crippen LogP contribution >= 0.6 is 18.1 Å². The van der Waals surface area contributed by atoms with Gasteiger partial charge in [0.25, 0.3) is 0 Å². The van der Waals surface area contributed by atoms with Gasteiger partial charge in [-0.2, -0.15) is 9.97 Å². The summed E-state index contributed by atoms with van der Waals surface area (Å²) < 4.78 is 38.7. The number of fused-ring (bicyclic) bond motifs is 1. The number of rotatable bonds is 13. The van der Waals surface area contributed by atoms with Crippen LogP contribution in [-0.2, 0) is 31.4 Å². The summed E-state index contributed by atoms with van der Waals surface area (Å²) in [7, 11) is 2.74. The standard InChI is InChI=1S/C23H37N8O10PS/c1-10(2)40-19(34)11(3)29-42(37,43-8-12-18(33)30(5)22(35)26-12)39-7-13-15(32)23(4,36)20(41-13)31-9-25-14-16(31)27-21(24)28-17(14)38-6/h9-11,13,15,19-20,32-34,36H,7-8H2,1-6H3,(H,26,35)(H,29,37)(H2,24,27,28). The van der Waals surface area contributed by atoms with Crippen molar-refractivity contribution in [3.63, 3.8) is 0 Å². The molecule has 20 heteroatoms. The maximum atomic E-state index is 14.0. The normalized spacial score (nSPS) is 25.3. The Hall–Kier alpha value is -2.74. The number of nitrogens with two attached hydrogens (primary N) is 1. The molecule has 240 valence electrons. The maximum Gasteiger partial charge on any atom is 0.328 e. The van der Waals surface area contributed by atoms with Crippen molar-refractivity contribution < 1.29 is 43.7 Å². The summed E-state index contributed by atoms with van der Waals surface area (Å²) in [6, 6.07) is -0.896. The van der Waals surface area contributed by atoms with Crippen molar-refractivity contribution in [2.75, 3.05) is 19.5 Å². The zero-order chi connectivity index (χ0) is 31.9. The molecule has 0 amide bonds. The number of methoxy groups -OCH3 is 1. The summed E-state index contributed by atoms with van der Waals surface area (Å²) in [6.45, 7) is 1.85. The molecule has 0 radical (unpaired) electrons. The van der Waals surface area contributed by atoms with Crippen LogP contribution in [0.15, 0.2) is 11.1 Å². The third-order valence-corrected chi connectivity index (χ3v) is 10.8. The molecule has 0 saturated carbocycles. The van der Waals surface area contributed by atoms with E-state index in [0.29, 0.717) is 0 Å². The fourth-order valence-electron chi connectivity index (χ4n) is 4.41. The molecule has 3 aromatic heterocycles. The fourth-order valence-corrected chi connectivity index (χ4v) is 8.13. The van der Waals surface area contributed by atoms with E-state index < -0.39 is 55.4 Å². The second kappa shape index (κ2) is 12.7. The first kappa shape index (κ1) is 33.2. The molecule has 4 heterocycles. The Balaban J connectivity index is 1.56. The zero-order valence-corrected chi connectivity index (χ0v) is 26.1. The molecule has 7 unspecified atom stereocenters. The summed E-state index contributed by atoms with van der Waals surface area (Å²) in [6.07, 6.45) is -4.33. The molecule has 18 nitrogen and oxygen atoms in total. The molecule has 0 aromatic carbocycles. The lowest BCUT2D eigenvalue weighted by Crippen LogP contribution is -2.44. The highest BCUT2D eigenvalue weighted by Crippen LogP contribution is 2.58. The SMILES string of the molecule is COc1nc(N)nc2c1ncn2C1OC(COP(=O)(NC(C)C(O)OC(C)C)SCc2[nH]c(=O)n(C)c2O)C(O)C1(C)O. The van der Waals surface area contributed by atoms with Crippen molar-refractivity contribution in [3.05, 3.63) is 22.5 Å². The Labute approximate surface area is 249 Å². The number of nitrogen functional groups attached to an aromatic ring is 1. The minimum Gasteiger partial charge on any atom is -0.493 e. The molecule has 1 aliphatic heterocycles. The third kappa shape index (κ3) is 6.84. The molecular weight excluding hydrogens is 611 g/mol. The number of nitrogens with zero attached hydrogens (tertiary/aromatic N) is 5. The number of aliphatic hydroxyl groups is 3. The van der Waals surface area contributed by atoms with Crippen LogP contribution < -0.4 is 21.2 Å². The Bertz CT molecular complexity index is 1540. The highest BCUT2D eigenvalue weighted by Gasteiger charge is 2.54. The second-order valence-corrected chi connectivity index (χ2v) is 14.7. The van der Waals surface area contributed by atoms with E-state index >= 15 is 0 Å². The van der Waals surface area contributed by atoms with Crippen molar-refractivity contribution in [2.24, 2.45) is 7.05 Å². The topological polar surface area (TPSA) is 254 Å². The van der Waals surface area contributed by atoms with Gasteiger partial charge in [0.15, 0.2) is 23.7 Å². The number of imidazole rings is 2. The van der Waals surface area contributed by atoms with Crippen molar-refractivity contribution in [3.8, 4) is 11.8 Å². The number of ether oxygens (including phenoxy) is 3. The molecule has 3 aromatic rings. The molecule has 1 aliphatic rings. The van der Waals surface area contributed by atoms with Crippen molar-refractivity contribution in [2.45, 2.75) is 75.9 Å². The van der Waals surface area contributed by atoms with Gasteiger partial charge in [-0.25, -0.2) is 14.9 Å². The minimum absolute atomic E-state index is 0.0959. The Kier molecular flexibility index (Phi) is 9.80. The van der Waals surface area contributed by atoms with Gasteiger partial charge < -0.3 is 49.9 Å². The van der Waals surface area contributed by atoms with E-state index in [1.807, 2.05) is 0 Å². The number of aliphatic hydroxyl groups excluding tert-OH is 2. The first-order valence-electron chi connectivity index (χ1n) is 13.1. The second-order valence-electron chi connectivity index (χ2n) is 10.5. The zero-order valence-electron chi connectivity index (χ0n) is 24.4. The van der Waals surface area contributed by atoms with Crippen LogP contribution in [0.3, 0.4) is 0 Å². The summed E-state index contributed by atoms with van der Waals surface area (Å²) in [5, 5.41) is 45.7. The van der Waals surface area contributed by atoms with Crippen molar-refractivity contribution >= 4 is 35.2 Å². The predicted molar refractivity (Wildman–Crippen MR) is 154 cm³/mol. The smallest absolute Gasteiger partial charge is 0.328 e. The number of aromatic nitrogens is 6. The van der Waals surface area contributed by atoms with E-state index in [-0.39, 0.29) is 46.4 Å². The van der Waals surface area contributed by atoms with E-state index in [4.69, 9.17) is 24.5 Å². The molecule has 0 bridgehead atoms. The highest BCUT2D eigenvalue weighted by molar-refractivity contribution is 8.55. The molecular formula is C23H37N8O10PS. The molecule has 0 aliphatic carbocycles.